The third-order valence-electron chi connectivity index (χ3n) is 7.99. The van der Waals surface area contributed by atoms with E-state index in [0.29, 0.717) is 13.0 Å². The molecule has 3 atom stereocenters. The van der Waals surface area contributed by atoms with E-state index in [1.54, 1.807) is 7.11 Å². The van der Waals surface area contributed by atoms with Gasteiger partial charge in [0.1, 0.15) is 18.0 Å². The van der Waals surface area contributed by atoms with Gasteiger partial charge in [0.25, 0.3) is 0 Å². The molecular weight excluding hydrogens is 474 g/mol. The fraction of sp³-hybridized carbons (Fsp3) is 0.242. The fourth-order valence-corrected chi connectivity index (χ4v) is 6.52. The summed E-state index contributed by atoms with van der Waals surface area (Å²) in [6, 6.07) is 35.2. The van der Waals surface area contributed by atoms with Gasteiger partial charge in [-0.05, 0) is 51.9 Å². The number of hydrogen-bond acceptors (Lipinski definition) is 5. The molecule has 1 aliphatic heterocycles. The highest BCUT2D eigenvalue weighted by Gasteiger charge is 2.57. The topological polar surface area (TPSA) is 59.0 Å². The van der Waals surface area contributed by atoms with Crippen molar-refractivity contribution in [3.63, 3.8) is 0 Å². The molecule has 2 aliphatic rings. The third kappa shape index (κ3) is 3.82. The van der Waals surface area contributed by atoms with Gasteiger partial charge in [-0.15, -0.1) is 0 Å². The van der Waals surface area contributed by atoms with Crippen LogP contribution in [0.2, 0.25) is 0 Å². The Morgan fingerprint density at radius 1 is 0.868 bits per heavy atom. The number of benzene rings is 4. The predicted molar refractivity (Wildman–Crippen MR) is 147 cm³/mol. The summed E-state index contributed by atoms with van der Waals surface area (Å²) in [7, 11) is 1.65. The van der Waals surface area contributed by atoms with Crippen LogP contribution in [-0.4, -0.2) is 47.9 Å². The Kier molecular flexibility index (Phi) is 6.26. The molecule has 5 nitrogen and oxygen atoms in total. The van der Waals surface area contributed by atoms with Gasteiger partial charge in [0, 0.05) is 13.5 Å². The van der Waals surface area contributed by atoms with Crippen molar-refractivity contribution < 1.29 is 19.4 Å². The van der Waals surface area contributed by atoms with Crippen molar-refractivity contribution in [1.29, 1.82) is 0 Å². The molecule has 1 N–H and O–H groups in total. The summed E-state index contributed by atoms with van der Waals surface area (Å²) >= 11 is 0. The molecule has 1 saturated heterocycles. The molecule has 4 aromatic rings. The van der Waals surface area contributed by atoms with E-state index in [0.717, 1.165) is 16.9 Å². The van der Waals surface area contributed by atoms with Crippen LogP contribution in [0.25, 0.3) is 11.1 Å². The molecule has 4 aromatic carbocycles. The van der Waals surface area contributed by atoms with E-state index < -0.39 is 23.7 Å². The number of nitrogens with zero attached hydrogens (tertiary/aromatic N) is 1. The molecule has 6 rings (SSSR count). The van der Waals surface area contributed by atoms with Crippen LogP contribution in [0.3, 0.4) is 0 Å². The Hall–Kier alpha value is -3.93. The molecule has 1 aliphatic carbocycles. The second-order valence-electron chi connectivity index (χ2n) is 10.1. The van der Waals surface area contributed by atoms with Crippen LogP contribution in [-0.2, 0) is 21.5 Å². The van der Waals surface area contributed by atoms with Gasteiger partial charge >= 0.3 is 5.97 Å². The number of hydrogen-bond donors (Lipinski definition) is 1. The van der Waals surface area contributed by atoms with Gasteiger partial charge < -0.3 is 14.6 Å². The van der Waals surface area contributed by atoms with Crippen molar-refractivity contribution in [2.24, 2.45) is 0 Å². The Balaban J connectivity index is 1.58. The zero-order valence-corrected chi connectivity index (χ0v) is 21.6. The molecule has 5 heteroatoms. The van der Waals surface area contributed by atoms with Crippen LogP contribution in [0.1, 0.15) is 29.2 Å². The first-order valence-corrected chi connectivity index (χ1v) is 13.0. The number of ether oxygens (including phenoxy) is 2. The van der Waals surface area contributed by atoms with Crippen molar-refractivity contribution in [3.05, 3.63) is 125 Å². The molecule has 0 spiro atoms. The van der Waals surface area contributed by atoms with E-state index in [1.165, 1.54) is 29.2 Å². The van der Waals surface area contributed by atoms with Crippen molar-refractivity contribution >= 4 is 5.97 Å². The molecule has 0 amide bonds. The van der Waals surface area contributed by atoms with Crippen molar-refractivity contribution in [3.8, 4) is 16.9 Å². The lowest BCUT2D eigenvalue weighted by Crippen LogP contribution is -2.52. The Bertz CT molecular complexity index is 1400. The average Bonchev–Trinajstić information content (AvgIpc) is 3.41. The number of methoxy groups -OCH3 is 1. The Morgan fingerprint density at radius 3 is 2.03 bits per heavy atom. The number of aliphatic hydroxyl groups excluding tert-OH is 1. The summed E-state index contributed by atoms with van der Waals surface area (Å²) < 4.78 is 11.2. The highest BCUT2D eigenvalue weighted by molar-refractivity contribution is 5.83. The molecule has 1 heterocycles. The lowest BCUT2D eigenvalue weighted by Gasteiger charge is -2.45. The predicted octanol–water partition coefficient (Wildman–Crippen LogP) is 5.19. The average molecular weight is 506 g/mol. The van der Waals surface area contributed by atoms with Crippen molar-refractivity contribution in [1.82, 2.24) is 4.90 Å². The lowest BCUT2D eigenvalue weighted by molar-refractivity contribution is -0.152. The van der Waals surface area contributed by atoms with Crippen LogP contribution in [0.5, 0.6) is 5.75 Å². The van der Waals surface area contributed by atoms with E-state index in [4.69, 9.17) is 9.47 Å². The van der Waals surface area contributed by atoms with Gasteiger partial charge in [0.15, 0.2) is 0 Å². The summed E-state index contributed by atoms with van der Waals surface area (Å²) in [6.45, 7) is 1.77. The summed E-state index contributed by atoms with van der Waals surface area (Å²) in [5.74, 6) is 0.393. The van der Waals surface area contributed by atoms with E-state index in [-0.39, 0.29) is 6.04 Å². The second-order valence-corrected chi connectivity index (χ2v) is 10.1. The van der Waals surface area contributed by atoms with Crippen LogP contribution in [0.4, 0.5) is 0 Å². The Labute approximate surface area is 223 Å². The van der Waals surface area contributed by atoms with Gasteiger partial charge in [-0.1, -0.05) is 91.0 Å². The first-order chi connectivity index (χ1) is 18.5. The minimum absolute atomic E-state index is 0.276. The van der Waals surface area contributed by atoms with E-state index in [9.17, 15) is 9.90 Å². The number of rotatable bonds is 6. The number of esters is 1. The first kappa shape index (κ1) is 24.4. The molecule has 0 saturated carbocycles. The molecule has 38 heavy (non-hydrogen) atoms. The smallest absolute Gasteiger partial charge is 0.303 e. The minimum atomic E-state index is -0.831. The highest BCUT2D eigenvalue weighted by atomic mass is 16.6. The van der Waals surface area contributed by atoms with Gasteiger partial charge in [0.2, 0.25) is 0 Å². The number of fused-ring (bicyclic) bond motifs is 3. The van der Waals surface area contributed by atoms with Gasteiger partial charge in [-0.25, -0.2) is 0 Å². The van der Waals surface area contributed by atoms with E-state index >= 15 is 0 Å². The zero-order valence-electron chi connectivity index (χ0n) is 21.6. The molecule has 0 bridgehead atoms. The quantitative estimate of drug-likeness (QED) is 0.366. The molecule has 192 valence electrons. The highest BCUT2D eigenvalue weighted by Crippen LogP contribution is 2.56. The number of likely N-dealkylation sites (tertiary alicyclic amines) is 1. The minimum Gasteiger partial charge on any atom is -0.497 e. The number of carbonyl (C=O) groups excluding carboxylic acids is 1. The number of β-amino-alcohol motifs (C(OH)–C–C–N with tert-alkyl or cyclic N) is 1. The number of aliphatic hydroxyl groups is 1. The maximum absolute atomic E-state index is 12.2. The molecular formula is C33H31NO4. The molecule has 1 fully saturated rings. The Morgan fingerprint density at radius 2 is 1.45 bits per heavy atom. The van der Waals surface area contributed by atoms with Gasteiger partial charge in [0.05, 0.1) is 18.7 Å². The fourth-order valence-electron chi connectivity index (χ4n) is 6.52. The lowest BCUT2D eigenvalue weighted by atomic mass is 9.78. The number of carbonyl (C=O) groups is 1. The van der Waals surface area contributed by atoms with Gasteiger partial charge in [-0.2, -0.15) is 0 Å². The van der Waals surface area contributed by atoms with Crippen LogP contribution < -0.4 is 4.74 Å². The third-order valence-corrected chi connectivity index (χ3v) is 7.99. The van der Waals surface area contributed by atoms with Gasteiger partial charge in [-0.3, -0.25) is 9.69 Å². The summed E-state index contributed by atoms with van der Waals surface area (Å²) in [4.78, 5) is 14.6. The van der Waals surface area contributed by atoms with Crippen molar-refractivity contribution in [2.45, 2.75) is 37.1 Å². The zero-order chi connectivity index (χ0) is 26.3. The summed E-state index contributed by atoms with van der Waals surface area (Å²) in [6.07, 6.45) is -0.907. The molecule has 0 radical (unpaired) electrons. The largest absolute Gasteiger partial charge is 0.497 e. The molecule has 0 aromatic heterocycles. The monoisotopic (exact) mass is 505 g/mol. The summed E-state index contributed by atoms with van der Waals surface area (Å²) in [5, 5.41) is 11.4. The normalized spacial score (nSPS) is 21.5. The maximum Gasteiger partial charge on any atom is 0.303 e. The first-order valence-electron chi connectivity index (χ1n) is 13.0. The van der Waals surface area contributed by atoms with Crippen LogP contribution in [0, 0.1) is 0 Å². The maximum atomic E-state index is 12.2. The SMILES string of the molecule is COc1ccc(C[C@@H]2[C@@H](OC(C)=O)[C@@H](O)CN2C2(c3ccccc3)c3ccccc3-c3ccccc32)cc1. The summed E-state index contributed by atoms with van der Waals surface area (Å²) in [5.41, 5.74) is 6.23. The van der Waals surface area contributed by atoms with E-state index in [1.807, 2.05) is 30.3 Å². The van der Waals surface area contributed by atoms with E-state index in [2.05, 4.69) is 77.7 Å². The van der Waals surface area contributed by atoms with Crippen LogP contribution in [0.15, 0.2) is 103 Å². The standard InChI is InChI=1S/C33H31NO4/c1-22(35)38-32-30(20-23-16-18-25(37-2)19-17-23)34(21-31(32)36)33(24-10-4-3-5-11-24)28-14-8-6-12-26(28)27-13-7-9-15-29(27)33/h3-19,30-32,36H,20-21H2,1-2H3/t30-,31+,32-/m1/s1. The molecule has 0 unspecified atom stereocenters. The van der Waals surface area contributed by atoms with Crippen molar-refractivity contribution in [2.75, 3.05) is 13.7 Å². The second kappa shape index (κ2) is 9.75. The van der Waals surface area contributed by atoms with Crippen LogP contribution >= 0.6 is 0 Å².